The Morgan fingerprint density at radius 2 is 1.67 bits per heavy atom. The van der Waals surface area contributed by atoms with Crippen LogP contribution in [0.2, 0.25) is 0 Å². The molecule has 0 N–H and O–H groups in total. The van der Waals surface area contributed by atoms with Crippen molar-refractivity contribution in [1.82, 2.24) is 0 Å². The zero-order chi connectivity index (χ0) is 12.1. The van der Waals surface area contributed by atoms with Gasteiger partial charge in [0.25, 0.3) is 0 Å². The summed E-state index contributed by atoms with van der Waals surface area (Å²) >= 11 is 0. The zero-order valence-corrected chi connectivity index (χ0v) is 10.1. The molecule has 4 heteroatoms. The smallest absolute Gasteiger partial charge is 0.324 e. The monoisotopic (exact) mass is 214 g/mol. The summed E-state index contributed by atoms with van der Waals surface area (Å²) in [6.07, 6.45) is 0. The minimum Gasteiger partial charge on any atom is -0.468 e. The Morgan fingerprint density at radius 3 is 1.93 bits per heavy atom. The molecule has 0 aromatic rings. The SMILES string of the molecule is COC(=O)C1(C)C(=O)OC(C)(C)C1(C)C. The molecule has 4 nitrogen and oxygen atoms in total. The second-order valence-electron chi connectivity index (χ2n) is 5.14. The van der Waals surface area contributed by atoms with Crippen LogP contribution in [0.1, 0.15) is 34.6 Å². The fraction of sp³-hybridized carbons (Fsp3) is 0.818. The molecule has 0 amide bonds. The number of esters is 2. The van der Waals surface area contributed by atoms with Crippen LogP contribution in [0.3, 0.4) is 0 Å². The Labute approximate surface area is 89.9 Å². The second-order valence-corrected chi connectivity index (χ2v) is 5.14. The van der Waals surface area contributed by atoms with Gasteiger partial charge in [-0.2, -0.15) is 0 Å². The predicted octanol–water partition coefficient (Wildman–Crippen LogP) is 1.53. The quantitative estimate of drug-likeness (QED) is 0.490. The van der Waals surface area contributed by atoms with E-state index in [-0.39, 0.29) is 0 Å². The van der Waals surface area contributed by atoms with Gasteiger partial charge >= 0.3 is 11.9 Å². The summed E-state index contributed by atoms with van der Waals surface area (Å²) in [7, 11) is 1.28. The molecule has 1 saturated heterocycles. The summed E-state index contributed by atoms with van der Waals surface area (Å²) in [5.74, 6) is -1.05. The van der Waals surface area contributed by atoms with Gasteiger partial charge in [0.1, 0.15) is 5.60 Å². The standard InChI is InChI=1S/C11H18O4/c1-9(2)10(3,4)15-8(13)11(9,5)7(12)14-6/h1-6H3. The third-order valence-electron chi connectivity index (χ3n) is 4.10. The van der Waals surface area contributed by atoms with Gasteiger partial charge in [0.2, 0.25) is 0 Å². The van der Waals surface area contributed by atoms with Crippen LogP contribution < -0.4 is 0 Å². The van der Waals surface area contributed by atoms with E-state index in [1.54, 1.807) is 20.8 Å². The highest BCUT2D eigenvalue weighted by atomic mass is 16.6. The molecule has 1 aliphatic heterocycles. The van der Waals surface area contributed by atoms with Crippen molar-refractivity contribution < 1.29 is 19.1 Å². The molecule has 0 bridgehead atoms. The summed E-state index contributed by atoms with van der Waals surface area (Å²) in [5.41, 5.74) is -2.51. The van der Waals surface area contributed by atoms with Gasteiger partial charge in [-0.25, -0.2) is 0 Å². The molecule has 0 aromatic heterocycles. The molecule has 1 aliphatic rings. The van der Waals surface area contributed by atoms with Crippen LogP contribution in [0.4, 0.5) is 0 Å². The third-order valence-corrected chi connectivity index (χ3v) is 4.10. The number of hydrogen-bond donors (Lipinski definition) is 0. The van der Waals surface area contributed by atoms with Gasteiger partial charge in [-0.3, -0.25) is 9.59 Å². The molecule has 0 saturated carbocycles. The first kappa shape index (κ1) is 12.0. The summed E-state index contributed by atoms with van der Waals surface area (Å²) < 4.78 is 9.96. The molecule has 1 rings (SSSR count). The molecule has 1 heterocycles. The Bertz CT molecular complexity index is 317. The second kappa shape index (κ2) is 2.97. The number of carbonyl (C=O) groups excluding carboxylic acids is 2. The number of carbonyl (C=O) groups is 2. The van der Waals surface area contributed by atoms with Gasteiger partial charge in [0, 0.05) is 5.41 Å². The maximum Gasteiger partial charge on any atom is 0.324 e. The summed E-state index contributed by atoms with van der Waals surface area (Å²) in [4.78, 5) is 23.5. The van der Waals surface area contributed by atoms with Gasteiger partial charge in [-0.05, 0) is 20.8 Å². The fourth-order valence-electron chi connectivity index (χ4n) is 1.86. The normalized spacial score (nSPS) is 32.3. The number of rotatable bonds is 1. The van der Waals surface area contributed by atoms with E-state index < -0.39 is 28.4 Å². The lowest BCUT2D eigenvalue weighted by Gasteiger charge is -2.38. The largest absolute Gasteiger partial charge is 0.468 e. The number of ether oxygens (including phenoxy) is 2. The van der Waals surface area contributed by atoms with E-state index in [1.165, 1.54) is 7.11 Å². The Morgan fingerprint density at radius 1 is 1.20 bits per heavy atom. The third kappa shape index (κ3) is 1.20. The number of methoxy groups -OCH3 is 1. The zero-order valence-electron chi connectivity index (χ0n) is 10.1. The first-order valence-corrected chi connectivity index (χ1v) is 4.93. The summed E-state index contributed by atoms with van der Waals surface area (Å²) in [5, 5.41) is 0. The summed E-state index contributed by atoms with van der Waals surface area (Å²) in [6.45, 7) is 8.87. The molecule has 1 unspecified atom stereocenters. The van der Waals surface area contributed by atoms with E-state index in [9.17, 15) is 9.59 Å². The van der Waals surface area contributed by atoms with Crippen LogP contribution >= 0.6 is 0 Å². The van der Waals surface area contributed by atoms with Crippen LogP contribution in [0.15, 0.2) is 0 Å². The molecule has 0 radical (unpaired) electrons. The van der Waals surface area contributed by atoms with Gasteiger partial charge in [-0.1, -0.05) is 13.8 Å². The highest BCUT2D eigenvalue weighted by Gasteiger charge is 2.68. The van der Waals surface area contributed by atoms with Crippen LogP contribution in [0, 0.1) is 10.8 Å². The number of cyclic esters (lactones) is 1. The molecule has 1 atom stereocenters. The van der Waals surface area contributed by atoms with Crippen LogP contribution in [0.25, 0.3) is 0 Å². The first-order chi connectivity index (χ1) is 6.61. The van der Waals surface area contributed by atoms with Crippen molar-refractivity contribution in [3.05, 3.63) is 0 Å². The van der Waals surface area contributed by atoms with Crippen molar-refractivity contribution in [3.8, 4) is 0 Å². The van der Waals surface area contributed by atoms with Crippen LogP contribution in [0.5, 0.6) is 0 Å². The molecule has 0 aliphatic carbocycles. The topological polar surface area (TPSA) is 52.6 Å². The highest BCUT2D eigenvalue weighted by molar-refractivity contribution is 6.02. The van der Waals surface area contributed by atoms with Crippen LogP contribution in [-0.4, -0.2) is 24.6 Å². The highest BCUT2D eigenvalue weighted by Crippen LogP contribution is 2.55. The van der Waals surface area contributed by atoms with Gasteiger partial charge < -0.3 is 9.47 Å². The van der Waals surface area contributed by atoms with E-state index in [0.29, 0.717) is 0 Å². The van der Waals surface area contributed by atoms with E-state index in [1.807, 2.05) is 13.8 Å². The maximum absolute atomic E-state index is 11.8. The molecule has 15 heavy (non-hydrogen) atoms. The van der Waals surface area contributed by atoms with Crippen molar-refractivity contribution >= 4 is 11.9 Å². The fourth-order valence-corrected chi connectivity index (χ4v) is 1.86. The minimum atomic E-state index is -1.23. The average Bonchev–Trinajstić information content (AvgIpc) is 2.24. The minimum absolute atomic E-state index is 0.510. The molecule has 1 fully saturated rings. The lowest BCUT2D eigenvalue weighted by atomic mass is 9.61. The average molecular weight is 214 g/mol. The Hall–Kier alpha value is -1.06. The molecule has 0 spiro atoms. The molecular weight excluding hydrogens is 196 g/mol. The lowest BCUT2D eigenvalue weighted by Crippen LogP contribution is -2.49. The molecular formula is C11H18O4. The van der Waals surface area contributed by atoms with Gasteiger partial charge in [0.05, 0.1) is 7.11 Å². The maximum atomic E-state index is 11.8. The van der Waals surface area contributed by atoms with E-state index in [0.717, 1.165) is 0 Å². The van der Waals surface area contributed by atoms with Crippen molar-refractivity contribution in [2.75, 3.05) is 7.11 Å². The van der Waals surface area contributed by atoms with Gasteiger partial charge in [-0.15, -0.1) is 0 Å². The Balaban J connectivity index is 3.31. The number of hydrogen-bond acceptors (Lipinski definition) is 4. The molecule has 0 aromatic carbocycles. The lowest BCUT2D eigenvalue weighted by molar-refractivity contribution is -0.165. The van der Waals surface area contributed by atoms with Crippen LogP contribution in [-0.2, 0) is 19.1 Å². The first-order valence-electron chi connectivity index (χ1n) is 4.93. The van der Waals surface area contributed by atoms with E-state index >= 15 is 0 Å². The van der Waals surface area contributed by atoms with Crippen molar-refractivity contribution in [2.45, 2.75) is 40.2 Å². The van der Waals surface area contributed by atoms with Gasteiger partial charge in [0.15, 0.2) is 5.41 Å². The predicted molar refractivity (Wildman–Crippen MR) is 54.1 cm³/mol. The summed E-state index contributed by atoms with van der Waals surface area (Å²) in [6, 6.07) is 0. The Kier molecular flexibility index (Phi) is 2.38. The van der Waals surface area contributed by atoms with E-state index in [4.69, 9.17) is 9.47 Å². The van der Waals surface area contributed by atoms with Crippen molar-refractivity contribution in [3.63, 3.8) is 0 Å². The van der Waals surface area contributed by atoms with E-state index in [2.05, 4.69) is 0 Å². The van der Waals surface area contributed by atoms with Crippen molar-refractivity contribution in [1.29, 1.82) is 0 Å². The molecule has 86 valence electrons. The van der Waals surface area contributed by atoms with Crippen molar-refractivity contribution in [2.24, 2.45) is 10.8 Å².